The first-order valence-electron chi connectivity index (χ1n) is 10.5. The number of aryl methyl sites for hydroxylation is 1. The van der Waals surface area contributed by atoms with Crippen LogP contribution in [0.15, 0.2) is 53.4 Å². The van der Waals surface area contributed by atoms with Gasteiger partial charge in [0.05, 0.1) is 17.0 Å². The summed E-state index contributed by atoms with van der Waals surface area (Å²) in [7, 11) is -3.63. The van der Waals surface area contributed by atoms with E-state index < -0.39 is 10.0 Å². The highest BCUT2D eigenvalue weighted by Crippen LogP contribution is 2.41. The minimum atomic E-state index is -3.63. The predicted molar refractivity (Wildman–Crippen MR) is 115 cm³/mol. The van der Waals surface area contributed by atoms with Gasteiger partial charge in [-0.3, -0.25) is 4.79 Å². The van der Waals surface area contributed by atoms with Crippen molar-refractivity contribution in [1.29, 1.82) is 0 Å². The molecule has 1 saturated heterocycles. The Hall–Kier alpha value is -2.22. The van der Waals surface area contributed by atoms with E-state index in [0.29, 0.717) is 18.1 Å². The molecular weight excluding hydrogens is 400 g/mol. The number of ether oxygens (including phenoxy) is 1. The molecule has 2 aromatic carbocycles. The predicted octanol–water partition coefficient (Wildman–Crippen LogP) is 3.33. The molecule has 1 amide bonds. The molecule has 2 atom stereocenters. The van der Waals surface area contributed by atoms with Crippen LogP contribution in [0.4, 0.5) is 0 Å². The lowest BCUT2D eigenvalue weighted by atomic mass is 10.0. The summed E-state index contributed by atoms with van der Waals surface area (Å²) in [6.45, 7) is 2.99. The van der Waals surface area contributed by atoms with Crippen molar-refractivity contribution < 1.29 is 17.9 Å². The van der Waals surface area contributed by atoms with Gasteiger partial charge in [0.2, 0.25) is 10.0 Å². The number of hydrogen-bond acceptors (Lipinski definition) is 4. The highest BCUT2D eigenvalue weighted by Gasteiger charge is 2.33. The van der Waals surface area contributed by atoms with E-state index in [2.05, 4.69) is 34.3 Å². The highest BCUT2D eigenvalue weighted by molar-refractivity contribution is 7.89. The second kappa shape index (κ2) is 8.88. The molecule has 160 valence electrons. The van der Waals surface area contributed by atoms with Crippen molar-refractivity contribution in [2.45, 2.75) is 49.6 Å². The van der Waals surface area contributed by atoms with Crippen molar-refractivity contribution in [2.75, 3.05) is 13.2 Å². The molecule has 2 aliphatic rings. The van der Waals surface area contributed by atoms with Crippen LogP contribution in [0.3, 0.4) is 0 Å². The van der Waals surface area contributed by atoms with Gasteiger partial charge in [-0.2, -0.15) is 0 Å². The Kier molecular flexibility index (Phi) is 6.22. The number of rotatable bonds is 8. The van der Waals surface area contributed by atoms with E-state index in [-0.39, 0.29) is 29.5 Å². The van der Waals surface area contributed by atoms with Crippen molar-refractivity contribution in [3.63, 3.8) is 0 Å². The first kappa shape index (κ1) is 21.0. The van der Waals surface area contributed by atoms with Crippen LogP contribution in [-0.4, -0.2) is 33.6 Å². The molecule has 2 unspecified atom stereocenters. The fourth-order valence-electron chi connectivity index (χ4n) is 3.78. The zero-order valence-electron chi connectivity index (χ0n) is 17.1. The lowest BCUT2D eigenvalue weighted by Crippen LogP contribution is -2.32. The minimum absolute atomic E-state index is 0.0189. The summed E-state index contributed by atoms with van der Waals surface area (Å²) in [5.41, 5.74) is 2.74. The van der Waals surface area contributed by atoms with Crippen molar-refractivity contribution >= 4 is 15.9 Å². The Labute approximate surface area is 178 Å². The van der Waals surface area contributed by atoms with E-state index in [0.717, 1.165) is 31.2 Å². The number of carbonyl (C=O) groups is 1. The van der Waals surface area contributed by atoms with E-state index in [1.165, 1.54) is 17.7 Å². The Morgan fingerprint density at radius 3 is 2.37 bits per heavy atom. The number of nitrogens with one attached hydrogen (secondary N) is 2. The summed E-state index contributed by atoms with van der Waals surface area (Å²) in [6, 6.07) is 14.3. The van der Waals surface area contributed by atoms with Crippen LogP contribution in [0.25, 0.3) is 0 Å². The van der Waals surface area contributed by atoms with Crippen molar-refractivity contribution in [3.05, 3.63) is 65.2 Å². The standard InChI is InChI=1S/C23H28N2O4S/c1-16-4-6-17(7-5-16)22(18-8-9-18)25-23(26)19-10-12-21(13-11-19)30(27,28)24-15-20-3-2-14-29-20/h4-7,10-13,18,20,22,24H,2-3,8-9,14-15H2,1H3,(H,25,26). The molecule has 7 heteroatoms. The maximum Gasteiger partial charge on any atom is 0.251 e. The zero-order chi connectivity index (χ0) is 21.1. The first-order valence-corrected chi connectivity index (χ1v) is 12.0. The van der Waals surface area contributed by atoms with Crippen LogP contribution in [0.2, 0.25) is 0 Å². The van der Waals surface area contributed by atoms with Gasteiger partial charge in [-0.1, -0.05) is 29.8 Å². The van der Waals surface area contributed by atoms with E-state index in [9.17, 15) is 13.2 Å². The van der Waals surface area contributed by atoms with Gasteiger partial charge in [-0.25, -0.2) is 13.1 Å². The number of benzene rings is 2. The number of carbonyl (C=O) groups excluding carboxylic acids is 1. The third kappa shape index (κ3) is 5.09. The molecule has 1 aliphatic carbocycles. The first-order chi connectivity index (χ1) is 14.4. The number of sulfonamides is 1. The minimum Gasteiger partial charge on any atom is -0.377 e. The van der Waals surface area contributed by atoms with Crippen LogP contribution < -0.4 is 10.0 Å². The fraction of sp³-hybridized carbons (Fsp3) is 0.435. The third-order valence-electron chi connectivity index (χ3n) is 5.77. The average Bonchev–Trinajstić information content (AvgIpc) is 3.45. The fourth-order valence-corrected chi connectivity index (χ4v) is 4.84. The van der Waals surface area contributed by atoms with E-state index in [1.807, 2.05) is 6.92 Å². The molecular formula is C23H28N2O4S. The van der Waals surface area contributed by atoms with Gasteiger partial charge in [-0.05, 0) is 68.4 Å². The summed E-state index contributed by atoms with van der Waals surface area (Å²) in [6.07, 6.45) is 3.97. The highest BCUT2D eigenvalue weighted by atomic mass is 32.2. The second-order valence-corrected chi connectivity index (χ2v) is 9.98. The molecule has 0 spiro atoms. The van der Waals surface area contributed by atoms with Crippen molar-refractivity contribution in [1.82, 2.24) is 10.0 Å². The lowest BCUT2D eigenvalue weighted by molar-refractivity contribution is 0.0931. The van der Waals surface area contributed by atoms with Crippen LogP contribution in [-0.2, 0) is 14.8 Å². The van der Waals surface area contributed by atoms with E-state index in [4.69, 9.17) is 4.74 Å². The van der Waals surface area contributed by atoms with Crippen molar-refractivity contribution in [3.8, 4) is 0 Å². The molecule has 2 fully saturated rings. The quantitative estimate of drug-likeness (QED) is 0.675. The summed E-state index contributed by atoms with van der Waals surface area (Å²) < 4.78 is 33.0. The average molecular weight is 429 g/mol. The Balaban J connectivity index is 1.41. The molecule has 0 aromatic heterocycles. The van der Waals surface area contributed by atoms with Crippen LogP contribution >= 0.6 is 0 Å². The van der Waals surface area contributed by atoms with Gasteiger partial charge in [0, 0.05) is 18.7 Å². The Morgan fingerprint density at radius 1 is 1.07 bits per heavy atom. The molecule has 1 heterocycles. The Morgan fingerprint density at radius 2 is 1.77 bits per heavy atom. The molecule has 6 nitrogen and oxygen atoms in total. The monoisotopic (exact) mass is 428 g/mol. The van der Waals surface area contributed by atoms with Crippen LogP contribution in [0, 0.1) is 12.8 Å². The van der Waals surface area contributed by atoms with E-state index >= 15 is 0 Å². The van der Waals surface area contributed by atoms with Crippen molar-refractivity contribution in [2.24, 2.45) is 5.92 Å². The normalized spacial score (nSPS) is 20.1. The third-order valence-corrected chi connectivity index (χ3v) is 7.21. The summed E-state index contributed by atoms with van der Waals surface area (Å²) in [5, 5.41) is 3.13. The molecule has 0 radical (unpaired) electrons. The number of hydrogen-bond donors (Lipinski definition) is 2. The van der Waals surface area contributed by atoms with Gasteiger partial charge in [0.1, 0.15) is 0 Å². The summed E-state index contributed by atoms with van der Waals surface area (Å²) >= 11 is 0. The molecule has 1 aliphatic heterocycles. The molecule has 1 saturated carbocycles. The molecule has 30 heavy (non-hydrogen) atoms. The molecule has 4 rings (SSSR count). The lowest BCUT2D eigenvalue weighted by Gasteiger charge is -2.19. The van der Waals surface area contributed by atoms with Gasteiger partial charge >= 0.3 is 0 Å². The molecule has 2 N–H and O–H groups in total. The second-order valence-electron chi connectivity index (χ2n) is 8.21. The van der Waals surface area contributed by atoms with Gasteiger partial charge in [0.25, 0.3) is 5.91 Å². The van der Waals surface area contributed by atoms with Gasteiger partial charge in [0.15, 0.2) is 0 Å². The maximum absolute atomic E-state index is 12.8. The number of amides is 1. The molecule has 2 aromatic rings. The SMILES string of the molecule is Cc1ccc(C(NC(=O)c2ccc(S(=O)(=O)NCC3CCCO3)cc2)C2CC2)cc1. The Bertz CT molecular complexity index is 977. The summed E-state index contributed by atoms with van der Waals surface area (Å²) in [4.78, 5) is 12.9. The van der Waals surface area contributed by atoms with Crippen LogP contribution in [0.1, 0.15) is 53.2 Å². The summed E-state index contributed by atoms with van der Waals surface area (Å²) in [5.74, 6) is 0.266. The van der Waals surface area contributed by atoms with E-state index in [1.54, 1.807) is 12.1 Å². The maximum atomic E-state index is 12.8. The largest absolute Gasteiger partial charge is 0.377 e. The zero-order valence-corrected chi connectivity index (χ0v) is 18.0. The van der Waals surface area contributed by atoms with Gasteiger partial charge in [-0.15, -0.1) is 0 Å². The topological polar surface area (TPSA) is 84.5 Å². The van der Waals surface area contributed by atoms with Gasteiger partial charge < -0.3 is 10.1 Å². The molecule has 0 bridgehead atoms. The smallest absolute Gasteiger partial charge is 0.251 e. The van der Waals surface area contributed by atoms with Crippen LogP contribution in [0.5, 0.6) is 0 Å².